The molecule has 0 unspecified atom stereocenters. The highest BCUT2D eigenvalue weighted by Crippen LogP contribution is 2.26. The predicted molar refractivity (Wildman–Crippen MR) is 86.7 cm³/mol. The Morgan fingerprint density at radius 3 is 2.67 bits per heavy atom. The fourth-order valence-corrected chi connectivity index (χ4v) is 3.71. The molecule has 0 saturated carbocycles. The smallest absolute Gasteiger partial charge is 0.0480 e. The third kappa shape index (κ3) is 3.98. The fraction of sp³-hybridized carbons (Fsp3) is 0.647. The van der Waals surface area contributed by atoms with Gasteiger partial charge in [-0.25, -0.2) is 0 Å². The van der Waals surface area contributed by atoms with Crippen molar-refractivity contribution in [2.24, 2.45) is 0 Å². The number of rotatable bonds is 4. The number of hydrogen-bond acceptors (Lipinski definition) is 3. The molecular formula is C17H25ClN2O. The molecule has 0 bridgehead atoms. The molecule has 4 heteroatoms. The first-order chi connectivity index (χ1) is 10.3. The van der Waals surface area contributed by atoms with Crippen LogP contribution >= 0.6 is 11.6 Å². The molecule has 1 aromatic rings. The maximum atomic E-state index is 6.38. The van der Waals surface area contributed by atoms with Crippen LogP contribution in [0.3, 0.4) is 0 Å². The molecule has 0 spiro atoms. The Balaban J connectivity index is 1.75. The largest absolute Gasteiger partial charge is 0.381 e. The van der Waals surface area contributed by atoms with E-state index in [1.165, 1.54) is 18.4 Å². The molecule has 0 amide bonds. The normalized spacial score (nSPS) is 24.4. The zero-order valence-electron chi connectivity index (χ0n) is 12.6. The van der Waals surface area contributed by atoms with E-state index in [0.29, 0.717) is 12.1 Å². The Hall–Kier alpha value is -0.610. The zero-order chi connectivity index (χ0) is 14.5. The van der Waals surface area contributed by atoms with Crippen LogP contribution in [-0.4, -0.2) is 43.3 Å². The fourth-order valence-electron chi connectivity index (χ4n) is 3.51. The van der Waals surface area contributed by atoms with Crippen LogP contribution in [0.1, 0.15) is 31.2 Å². The van der Waals surface area contributed by atoms with Crippen molar-refractivity contribution in [1.82, 2.24) is 10.2 Å². The highest BCUT2D eigenvalue weighted by molar-refractivity contribution is 6.31. The Morgan fingerprint density at radius 1 is 1.14 bits per heavy atom. The molecule has 3 rings (SSSR count). The summed E-state index contributed by atoms with van der Waals surface area (Å²) in [6.07, 6.45) is 4.84. The van der Waals surface area contributed by atoms with Crippen LogP contribution in [0, 0.1) is 0 Å². The van der Waals surface area contributed by atoms with E-state index in [2.05, 4.69) is 22.3 Å². The summed E-state index contributed by atoms with van der Waals surface area (Å²) in [5.74, 6) is 0. The van der Waals surface area contributed by atoms with E-state index in [1.54, 1.807) is 0 Å². The van der Waals surface area contributed by atoms with E-state index in [9.17, 15) is 0 Å². The molecule has 1 aromatic carbocycles. The lowest BCUT2D eigenvalue weighted by Gasteiger charge is -2.42. The van der Waals surface area contributed by atoms with E-state index >= 15 is 0 Å². The summed E-state index contributed by atoms with van der Waals surface area (Å²) in [4.78, 5) is 2.68. The summed E-state index contributed by atoms with van der Waals surface area (Å²) in [7, 11) is 0. The molecule has 2 heterocycles. The van der Waals surface area contributed by atoms with E-state index in [1.807, 2.05) is 12.1 Å². The zero-order valence-corrected chi connectivity index (χ0v) is 13.3. The molecule has 2 aliphatic rings. The molecule has 0 aromatic heterocycles. The van der Waals surface area contributed by atoms with Crippen LogP contribution in [0.5, 0.6) is 0 Å². The van der Waals surface area contributed by atoms with Crippen LogP contribution in [0.25, 0.3) is 0 Å². The van der Waals surface area contributed by atoms with Gasteiger partial charge >= 0.3 is 0 Å². The Bertz CT molecular complexity index is 424. The highest BCUT2D eigenvalue weighted by Gasteiger charge is 2.29. The maximum Gasteiger partial charge on any atom is 0.0480 e. The molecule has 0 aliphatic carbocycles. The Morgan fingerprint density at radius 2 is 1.95 bits per heavy atom. The van der Waals surface area contributed by atoms with Crippen LogP contribution < -0.4 is 5.32 Å². The standard InChI is InChI=1S/C17H25ClN2O/c18-17-6-2-1-4-14(17)13-20(15-7-10-21-11-8-15)16-5-3-9-19-12-16/h1-2,4,6,15-16,19H,3,5,7-13H2/t16-/m0/s1. The number of ether oxygens (including phenoxy) is 1. The number of hydrogen-bond donors (Lipinski definition) is 1. The summed E-state index contributed by atoms with van der Waals surface area (Å²) in [6.45, 7) is 5.00. The quantitative estimate of drug-likeness (QED) is 0.925. The third-order valence-electron chi connectivity index (χ3n) is 4.71. The van der Waals surface area contributed by atoms with Gasteiger partial charge in [0.05, 0.1) is 0 Å². The van der Waals surface area contributed by atoms with Gasteiger partial charge in [-0.05, 0) is 43.9 Å². The van der Waals surface area contributed by atoms with Crippen molar-refractivity contribution in [3.63, 3.8) is 0 Å². The van der Waals surface area contributed by atoms with Gasteiger partial charge in [0.1, 0.15) is 0 Å². The molecule has 1 N–H and O–H groups in total. The maximum absolute atomic E-state index is 6.38. The second-order valence-corrected chi connectivity index (χ2v) is 6.51. The van der Waals surface area contributed by atoms with Crippen LogP contribution in [0.2, 0.25) is 5.02 Å². The minimum atomic E-state index is 0.623. The van der Waals surface area contributed by atoms with Gasteiger partial charge in [-0.3, -0.25) is 4.90 Å². The molecular weight excluding hydrogens is 284 g/mol. The third-order valence-corrected chi connectivity index (χ3v) is 5.08. The average molecular weight is 309 g/mol. The topological polar surface area (TPSA) is 24.5 Å². The molecule has 116 valence electrons. The first-order valence-electron chi connectivity index (χ1n) is 8.12. The van der Waals surface area contributed by atoms with Gasteiger partial charge in [-0.2, -0.15) is 0 Å². The number of piperidine rings is 1. The predicted octanol–water partition coefficient (Wildman–Crippen LogP) is 3.07. The molecule has 2 saturated heterocycles. The van der Waals surface area contributed by atoms with E-state index in [4.69, 9.17) is 16.3 Å². The number of nitrogens with one attached hydrogen (secondary N) is 1. The van der Waals surface area contributed by atoms with Crippen molar-refractivity contribution >= 4 is 11.6 Å². The van der Waals surface area contributed by atoms with Gasteiger partial charge in [0.2, 0.25) is 0 Å². The van der Waals surface area contributed by atoms with Gasteiger partial charge in [-0.15, -0.1) is 0 Å². The summed E-state index contributed by atoms with van der Waals surface area (Å²) in [6, 6.07) is 9.50. The number of nitrogens with zero attached hydrogens (tertiary/aromatic N) is 1. The molecule has 2 aliphatic heterocycles. The van der Waals surface area contributed by atoms with E-state index in [-0.39, 0.29) is 0 Å². The van der Waals surface area contributed by atoms with Crippen LogP contribution in [-0.2, 0) is 11.3 Å². The SMILES string of the molecule is Clc1ccccc1CN(C1CCOCC1)[C@H]1CCCNC1. The van der Waals surface area contributed by atoms with Crippen molar-refractivity contribution in [3.05, 3.63) is 34.9 Å². The minimum Gasteiger partial charge on any atom is -0.381 e. The van der Waals surface area contributed by atoms with E-state index in [0.717, 1.165) is 50.7 Å². The summed E-state index contributed by atoms with van der Waals surface area (Å²) in [5.41, 5.74) is 1.25. The van der Waals surface area contributed by atoms with Crippen molar-refractivity contribution in [2.45, 2.75) is 44.3 Å². The summed E-state index contributed by atoms with van der Waals surface area (Å²) in [5, 5.41) is 4.44. The van der Waals surface area contributed by atoms with Gasteiger partial charge in [0.15, 0.2) is 0 Å². The lowest BCUT2D eigenvalue weighted by Crippen LogP contribution is -2.51. The highest BCUT2D eigenvalue weighted by atomic mass is 35.5. The van der Waals surface area contributed by atoms with Crippen molar-refractivity contribution in [2.75, 3.05) is 26.3 Å². The lowest BCUT2D eigenvalue weighted by atomic mass is 9.98. The van der Waals surface area contributed by atoms with Gasteiger partial charge in [0.25, 0.3) is 0 Å². The van der Waals surface area contributed by atoms with Gasteiger partial charge in [0, 0.05) is 43.4 Å². The second kappa shape index (κ2) is 7.59. The number of benzene rings is 1. The Kier molecular flexibility index (Phi) is 5.53. The first kappa shape index (κ1) is 15.3. The van der Waals surface area contributed by atoms with Crippen molar-refractivity contribution in [3.8, 4) is 0 Å². The van der Waals surface area contributed by atoms with Crippen LogP contribution in [0.15, 0.2) is 24.3 Å². The van der Waals surface area contributed by atoms with Crippen LogP contribution in [0.4, 0.5) is 0 Å². The van der Waals surface area contributed by atoms with Crippen molar-refractivity contribution in [1.29, 1.82) is 0 Å². The molecule has 21 heavy (non-hydrogen) atoms. The van der Waals surface area contributed by atoms with Gasteiger partial charge < -0.3 is 10.1 Å². The molecule has 0 radical (unpaired) electrons. The molecule has 3 nitrogen and oxygen atoms in total. The summed E-state index contributed by atoms with van der Waals surface area (Å²) < 4.78 is 5.54. The van der Waals surface area contributed by atoms with E-state index < -0.39 is 0 Å². The minimum absolute atomic E-state index is 0.623. The van der Waals surface area contributed by atoms with Crippen molar-refractivity contribution < 1.29 is 4.74 Å². The number of halogens is 1. The first-order valence-corrected chi connectivity index (χ1v) is 8.50. The average Bonchev–Trinajstić information content (AvgIpc) is 2.56. The molecule has 2 fully saturated rings. The lowest BCUT2D eigenvalue weighted by molar-refractivity contribution is 0.00770. The second-order valence-electron chi connectivity index (χ2n) is 6.11. The van der Waals surface area contributed by atoms with Gasteiger partial charge in [-0.1, -0.05) is 29.8 Å². The molecule has 1 atom stereocenters. The summed E-state index contributed by atoms with van der Waals surface area (Å²) >= 11 is 6.38. The monoisotopic (exact) mass is 308 g/mol. The Labute approximate surface area is 132 Å².